The lowest BCUT2D eigenvalue weighted by Gasteiger charge is -2.22. The molecular weight excluding hydrogens is 382 g/mol. The summed E-state index contributed by atoms with van der Waals surface area (Å²) in [7, 11) is 1.52. The van der Waals surface area contributed by atoms with Gasteiger partial charge in [-0.2, -0.15) is 0 Å². The molecule has 1 amide bonds. The second-order valence-corrected chi connectivity index (χ2v) is 7.35. The maximum Gasteiger partial charge on any atom is 0.347 e. The molecule has 28 heavy (non-hydrogen) atoms. The number of nitrogens with one attached hydrogen (secondary N) is 1. The average molecular weight is 406 g/mol. The van der Waals surface area contributed by atoms with Crippen LogP contribution in [-0.4, -0.2) is 36.2 Å². The van der Waals surface area contributed by atoms with Crippen LogP contribution in [0.1, 0.15) is 42.6 Å². The average Bonchev–Trinajstić information content (AvgIpc) is 2.65. The van der Waals surface area contributed by atoms with E-state index in [2.05, 4.69) is 5.32 Å². The van der Waals surface area contributed by atoms with E-state index in [4.69, 9.17) is 26.2 Å². The monoisotopic (exact) mass is 405 g/mol. The lowest BCUT2D eigenvalue weighted by molar-refractivity contribution is -0.152. The summed E-state index contributed by atoms with van der Waals surface area (Å²) in [5, 5.41) is 12.4. The number of hydrogen-bond acceptors (Lipinski definition) is 4. The number of hydrogen-bond donors (Lipinski definition) is 2. The molecule has 0 aliphatic rings. The molecule has 2 N–H and O–H groups in total. The van der Waals surface area contributed by atoms with Crippen LogP contribution in [0.25, 0.3) is 0 Å². The first kappa shape index (κ1) is 21.6. The number of carboxylic acid groups (broad SMARTS) is 1. The van der Waals surface area contributed by atoms with Crippen molar-refractivity contribution in [3.8, 4) is 11.5 Å². The van der Waals surface area contributed by atoms with Gasteiger partial charge in [-0.15, -0.1) is 0 Å². The maximum absolute atomic E-state index is 12.3. The summed E-state index contributed by atoms with van der Waals surface area (Å²) in [4.78, 5) is 23.5. The second kappa shape index (κ2) is 8.97. The molecule has 0 heterocycles. The van der Waals surface area contributed by atoms with Gasteiger partial charge in [-0.25, -0.2) is 4.79 Å². The zero-order chi connectivity index (χ0) is 20.9. The van der Waals surface area contributed by atoms with Crippen LogP contribution in [0.2, 0.25) is 5.02 Å². The Kier molecular flexibility index (Phi) is 6.91. The van der Waals surface area contributed by atoms with Crippen LogP contribution in [0.5, 0.6) is 11.5 Å². The minimum Gasteiger partial charge on any atom is -0.495 e. The zero-order valence-corrected chi connectivity index (χ0v) is 17.0. The number of ether oxygens (including phenoxy) is 2. The number of aliphatic carboxylic acids is 1. The first-order valence-corrected chi connectivity index (χ1v) is 9.16. The Morgan fingerprint density at radius 1 is 1.18 bits per heavy atom. The van der Waals surface area contributed by atoms with E-state index in [-0.39, 0.29) is 11.8 Å². The van der Waals surface area contributed by atoms with E-state index in [9.17, 15) is 9.59 Å². The van der Waals surface area contributed by atoms with Crippen molar-refractivity contribution in [2.75, 3.05) is 13.7 Å². The zero-order valence-electron chi connectivity index (χ0n) is 16.3. The Morgan fingerprint density at radius 3 is 2.36 bits per heavy atom. The fourth-order valence-corrected chi connectivity index (χ4v) is 2.73. The second-order valence-electron chi connectivity index (χ2n) is 6.95. The Bertz CT molecular complexity index is 848. The van der Waals surface area contributed by atoms with Crippen molar-refractivity contribution in [1.29, 1.82) is 0 Å². The fourth-order valence-electron chi connectivity index (χ4n) is 2.48. The molecule has 2 aromatic carbocycles. The van der Waals surface area contributed by atoms with E-state index < -0.39 is 11.6 Å². The van der Waals surface area contributed by atoms with Crippen LogP contribution >= 0.6 is 11.6 Å². The molecule has 0 aromatic heterocycles. The molecule has 0 aliphatic heterocycles. The first-order valence-electron chi connectivity index (χ1n) is 8.78. The summed E-state index contributed by atoms with van der Waals surface area (Å²) in [6.07, 6.45) is 0. The SMILES string of the molecule is COc1ccc(C(=O)NCC(C)c2ccc(OC(C)(C)C(=O)O)cc2)cc1Cl. The molecule has 0 radical (unpaired) electrons. The third kappa shape index (κ3) is 5.39. The van der Waals surface area contributed by atoms with Gasteiger partial charge in [0.15, 0.2) is 5.60 Å². The summed E-state index contributed by atoms with van der Waals surface area (Å²) in [5.74, 6) is -0.217. The van der Waals surface area contributed by atoms with Gasteiger partial charge < -0.3 is 19.9 Å². The first-order chi connectivity index (χ1) is 13.1. The summed E-state index contributed by atoms with van der Waals surface area (Å²) < 4.78 is 10.6. The highest BCUT2D eigenvalue weighted by Gasteiger charge is 2.29. The van der Waals surface area contributed by atoms with Crippen LogP contribution < -0.4 is 14.8 Å². The molecule has 1 atom stereocenters. The highest BCUT2D eigenvalue weighted by molar-refractivity contribution is 6.32. The van der Waals surface area contributed by atoms with E-state index in [1.807, 2.05) is 19.1 Å². The van der Waals surface area contributed by atoms with Gasteiger partial charge in [0.2, 0.25) is 0 Å². The number of carbonyl (C=O) groups is 2. The minimum atomic E-state index is -1.30. The number of methoxy groups -OCH3 is 1. The van der Waals surface area contributed by atoms with Crippen LogP contribution in [-0.2, 0) is 4.79 Å². The predicted molar refractivity (Wildman–Crippen MR) is 108 cm³/mol. The maximum atomic E-state index is 12.3. The summed E-state index contributed by atoms with van der Waals surface area (Å²) in [5.41, 5.74) is 0.145. The smallest absolute Gasteiger partial charge is 0.347 e. The third-order valence-corrected chi connectivity index (χ3v) is 4.62. The number of carbonyl (C=O) groups excluding carboxylic acids is 1. The van der Waals surface area contributed by atoms with Crippen molar-refractivity contribution in [1.82, 2.24) is 5.32 Å². The molecule has 6 nitrogen and oxygen atoms in total. The standard InChI is InChI=1S/C21H24ClNO5/c1-13(12-23-19(24)15-7-10-18(27-4)17(22)11-15)14-5-8-16(9-6-14)28-21(2,3)20(25)26/h5-11,13H,12H2,1-4H3,(H,23,24)(H,25,26). The van der Waals surface area contributed by atoms with Crippen LogP contribution in [0.15, 0.2) is 42.5 Å². The van der Waals surface area contributed by atoms with Gasteiger partial charge in [0, 0.05) is 12.1 Å². The summed E-state index contributed by atoms with van der Waals surface area (Å²) in [6.45, 7) is 5.40. The number of halogens is 1. The Balaban J connectivity index is 1.95. The molecule has 7 heteroatoms. The normalized spacial score (nSPS) is 12.2. The molecule has 0 bridgehead atoms. The van der Waals surface area contributed by atoms with E-state index in [1.54, 1.807) is 30.3 Å². The highest BCUT2D eigenvalue weighted by atomic mass is 35.5. The minimum absolute atomic E-state index is 0.0548. The highest BCUT2D eigenvalue weighted by Crippen LogP contribution is 2.25. The summed E-state index contributed by atoms with van der Waals surface area (Å²) >= 11 is 6.06. The van der Waals surface area contributed by atoms with Gasteiger partial charge in [-0.1, -0.05) is 30.7 Å². The lowest BCUT2D eigenvalue weighted by Crippen LogP contribution is -2.37. The van der Waals surface area contributed by atoms with Gasteiger partial charge in [-0.3, -0.25) is 4.79 Å². The quantitative estimate of drug-likeness (QED) is 0.689. The van der Waals surface area contributed by atoms with Gasteiger partial charge in [0.25, 0.3) is 5.91 Å². The fraction of sp³-hybridized carbons (Fsp3) is 0.333. The molecule has 0 saturated carbocycles. The molecule has 150 valence electrons. The van der Waals surface area contributed by atoms with E-state index in [0.29, 0.717) is 28.6 Å². The van der Waals surface area contributed by atoms with Crippen LogP contribution in [0, 0.1) is 0 Å². The summed E-state index contributed by atoms with van der Waals surface area (Å²) in [6, 6.07) is 12.0. The molecule has 0 aliphatic carbocycles. The molecule has 0 saturated heterocycles. The number of carboxylic acids is 1. The van der Waals surface area contributed by atoms with E-state index >= 15 is 0 Å². The van der Waals surface area contributed by atoms with Gasteiger partial charge in [-0.05, 0) is 55.7 Å². The topological polar surface area (TPSA) is 84.9 Å². The predicted octanol–water partition coefficient (Wildman–Crippen LogP) is 4.12. The van der Waals surface area contributed by atoms with Gasteiger partial charge in [0.1, 0.15) is 11.5 Å². The van der Waals surface area contributed by atoms with Crippen molar-refractivity contribution in [2.45, 2.75) is 32.3 Å². The molecule has 2 aromatic rings. The Hall–Kier alpha value is -2.73. The lowest BCUT2D eigenvalue weighted by atomic mass is 10.0. The van der Waals surface area contributed by atoms with Gasteiger partial charge >= 0.3 is 5.97 Å². The van der Waals surface area contributed by atoms with Crippen LogP contribution in [0.3, 0.4) is 0 Å². The number of amides is 1. The third-order valence-electron chi connectivity index (χ3n) is 4.32. The van der Waals surface area contributed by atoms with E-state index in [1.165, 1.54) is 21.0 Å². The van der Waals surface area contributed by atoms with Crippen molar-refractivity contribution < 1.29 is 24.2 Å². The number of benzene rings is 2. The molecule has 0 spiro atoms. The Morgan fingerprint density at radius 2 is 1.82 bits per heavy atom. The largest absolute Gasteiger partial charge is 0.495 e. The molecule has 0 fully saturated rings. The van der Waals surface area contributed by atoms with Crippen molar-refractivity contribution in [3.05, 3.63) is 58.6 Å². The molecular formula is C21H24ClNO5. The van der Waals surface area contributed by atoms with Crippen molar-refractivity contribution in [3.63, 3.8) is 0 Å². The van der Waals surface area contributed by atoms with E-state index in [0.717, 1.165) is 5.56 Å². The van der Waals surface area contributed by atoms with Crippen molar-refractivity contribution in [2.24, 2.45) is 0 Å². The van der Waals surface area contributed by atoms with Gasteiger partial charge in [0.05, 0.1) is 12.1 Å². The Labute approximate surface area is 169 Å². The molecule has 1 unspecified atom stereocenters. The number of rotatable bonds is 8. The van der Waals surface area contributed by atoms with Crippen molar-refractivity contribution >= 4 is 23.5 Å². The van der Waals surface area contributed by atoms with Crippen LogP contribution in [0.4, 0.5) is 0 Å². The molecule has 2 rings (SSSR count).